The number of rotatable bonds is 12. The maximum absolute atomic E-state index is 9.49. The zero-order chi connectivity index (χ0) is 25.5. The first kappa shape index (κ1) is 26.1. The molecule has 3 aromatic rings. The summed E-state index contributed by atoms with van der Waals surface area (Å²) in [4.78, 5) is 13.9. The monoisotopic (exact) mass is 496 g/mol. The molecule has 4 rings (SSSR count). The Balaban J connectivity index is 1.55. The van der Waals surface area contributed by atoms with Gasteiger partial charge in [0.25, 0.3) is 0 Å². The Hall–Kier alpha value is -2.95. The summed E-state index contributed by atoms with van der Waals surface area (Å²) in [6.07, 6.45) is 4.27. The molecule has 1 aliphatic heterocycles. The molecule has 10 nitrogen and oxygen atoms in total. The van der Waals surface area contributed by atoms with Crippen LogP contribution in [0.4, 0.5) is 11.8 Å². The highest BCUT2D eigenvalue weighted by molar-refractivity contribution is 5.86. The van der Waals surface area contributed by atoms with Crippen LogP contribution < -0.4 is 15.8 Å². The molecule has 1 saturated heterocycles. The normalized spacial score (nSPS) is 15.9. The zero-order valence-corrected chi connectivity index (χ0v) is 21.8. The Labute approximate surface area is 213 Å². The molecule has 0 amide bonds. The van der Waals surface area contributed by atoms with Crippen LogP contribution in [0.3, 0.4) is 0 Å². The van der Waals surface area contributed by atoms with E-state index in [0.29, 0.717) is 24.3 Å². The van der Waals surface area contributed by atoms with E-state index in [2.05, 4.69) is 62.2 Å². The first-order valence-electron chi connectivity index (χ1n) is 13.0. The van der Waals surface area contributed by atoms with Crippen molar-refractivity contribution >= 4 is 22.8 Å². The van der Waals surface area contributed by atoms with Gasteiger partial charge in [0, 0.05) is 50.9 Å². The van der Waals surface area contributed by atoms with Crippen LogP contribution in [0.5, 0.6) is 5.75 Å². The van der Waals surface area contributed by atoms with E-state index in [1.807, 2.05) is 4.68 Å². The highest BCUT2D eigenvalue weighted by atomic mass is 16.5. The number of aliphatic hydroxyl groups excluding tert-OH is 1. The van der Waals surface area contributed by atoms with Crippen molar-refractivity contribution in [1.82, 2.24) is 29.5 Å². The number of aromatic nitrogens is 4. The van der Waals surface area contributed by atoms with Crippen LogP contribution in [0.15, 0.2) is 24.4 Å². The van der Waals surface area contributed by atoms with Gasteiger partial charge in [-0.15, -0.1) is 0 Å². The number of nitrogens with zero attached hydrogens (tertiary/aromatic N) is 6. The molecule has 10 heteroatoms. The number of hydrogen-bond acceptors (Lipinski definition) is 9. The lowest BCUT2D eigenvalue weighted by molar-refractivity contribution is 0.132. The number of methoxy groups -OCH3 is 1. The number of likely N-dealkylation sites (N-methyl/N-ethyl adjacent to an activating group) is 1. The van der Waals surface area contributed by atoms with Gasteiger partial charge in [-0.2, -0.15) is 10.1 Å². The van der Waals surface area contributed by atoms with Gasteiger partial charge in [0.1, 0.15) is 16.8 Å². The summed E-state index contributed by atoms with van der Waals surface area (Å²) in [5.74, 6) is 1.69. The van der Waals surface area contributed by atoms with E-state index in [1.165, 1.54) is 5.56 Å². The Morgan fingerprint density at radius 1 is 1.08 bits per heavy atom. The summed E-state index contributed by atoms with van der Waals surface area (Å²) >= 11 is 0. The van der Waals surface area contributed by atoms with Crippen molar-refractivity contribution in [2.24, 2.45) is 0 Å². The molecule has 0 aliphatic carbocycles. The molecule has 0 saturated carbocycles. The van der Waals surface area contributed by atoms with E-state index < -0.39 is 0 Å². The van der Waals surface area contributed by atoms with Gasteiger partial charge >= 0.3 is 0 Å². The SMILES string of the molecule is CCCC(CCO)Nc1nc(N)nc2cnn(Cc3ccc(CN4CCN(CC)CC4)cc3OC)c12. The largest absolute Gasteiger partial charge is 0.496 e. The van der Waals surface area contributed by atoms with Crippen LogP contribution in [0, 0.1) is 0 Å². The molecule has 1 unspecified atom stereocenters. The third kappa shape index (κ3) is 6.24. The Morgan fingerprint density at radius 3 is 2.56 bits per heavy atom. The topological polar surface area (TPSA) is 118 Å². The van der Waals surface area contributed by atoms with Crippen molar-refractivity contribution in [2.45, 2.75) is 52.2 Å². The molecule has 4 N–H and O–H groups in total. The summed E-state index contributed by atoms with van der Waals surface area (Å²) in [6.45, 7) is 11.4. The van der Waals surface area contributed by atoms with E-state index >= 15 is 0 Å². The predicted molar refractivity (Wildman–Crippen MR) is 143 cm³/mol. The van der Waals surface area contributed by atoms with Gasteiger partial charge in [0.15, 0.2) is 5.82 Å². The number of fused-ring (bicyclic) bond motifs is 1. The number of benzene rings is 1. The minimum absolute atomic E-state index is 0.0915. The summed E-state index contributed by atoms with van der Waals surface area (Å²) in [7, 11) is 1.71. The van der Waals surface area contributed by atoms with Gasteiger partial charge < -0.3 is 25.8 Å². The van der Waals surface area contributed by atoms with Crippen molar-refractivity contribution in [1.29, 1.82) is 0 Å². The summed E-state index contributed by atoms with van der Waals surface area (Å²) < 4.78 is 7.68. The van der Waals surface area contributed by atoms with Crippen LogP contribution in [0.1, 0.15) is 44.2 Å². The first-order valence-corrected chi connectivity index (χ1v) is 13.0. The van der Waals surface area contributed by atoms with Gasteiger partial charge in [-0.3, -0.25) is 9.58 Å². The molecular weight excluding hydrogens is 456 g/mol. The maximum atomic E-state index is 9.49. The highest BCUT2D eigenvalue weighted by Crippen LogP contribution is 2.27. The third-order valence-electron chi connectivity index (χ3n) is 6.95. The van der Waals surface area contributed by atoms with Crippen LogP contribution >= 0.6 is 0 Å². The minimum atomic E-state index is 0.0915. The van der Waals surface area contributed by atoms with E-state index in [-0.39, 0.29) is 18.6 Å². The quantitative estimate of drug-likeness (QED) is 0.348. The van der Waals surface area contributed by atoms with Crippen LogP contribution in [-0.4, -0.2) is 87.1 Å². The zero-order valence-electron chi connectivity index (χ0n) is 21.8. The summed E-state index contributed by atoms with van der Waals surface area (Å²) in [6, 6.07) is 6.54. The lowest BCUT2D eigenvalue weighted by Crippen LogP contribution is -2.45. The van der Waals surface area contributed by atoms with Crippen LogP contribution in [-0.2, 0) is 13.1 Å². The number of ether oxygens (including phenoxy) is 1. The second kappa shape index (κ2) is 12.3. The number of piperazine rings is 1. The minimum Gasteiger partial charge on any atom is -0.496 e. The van der Waals surface area contributed by atoms with Crippen molar-refractivity contribution in [3.63, 3.8) is 0 Å². The van der Waals surface area contributed by atoms with Crippen molar-refractivity contribution in [3.05, 3.63) is 35.5 Å². The number of anilines is 2. The Morgan fingerprint density at radius 2 is 1.86 bits per heavy atom. The van der Waals surface area contributed by atoms with Crippen molar-refractivity contribution < 1.29 is 9.84 Å². The smallest absolute Gasteiger partial charge is 0.222 e. The van der Waals surface area contributed by atoms with E-state index in [4.69, 9.17) is 10.5 Å². The summed E-state index contributed by atoms with van der Waals surface area (Å²) in [5.41, 5.74) is 9.75. The van der Waals surface area contributed by atoms with E-state index in [0.717, 1.165) is 68.9 Å². The van der Waals surface area contributed by atoms with Crippen molar-refractivity contribution in [3.8, 4) is 5.75 Å². The molecule has 196 valence electrons. The second-order valence-electron chi connectivity index (χ2n) is 9.47. The second-order valence-corrected chi connectivity index (χ2v) is 9.47. The lowest BCUT2D eigenvalue weighted by atomic mass is 10.1. The number of nitrogens with two attached hydrogens (primary N) is 1. The average Bonchev–Trinajstić information content (AvgIpc) is 3.28. The van der Waals surface area contributed by atoms with Crippen molar-refractivity contribution in [2.75, 3.05) is 57.5 Å². The predicted octanol–water partition coefficient (Wildman–Crippen LogP) is 2.57. The molecule has 1 aromatic carbocycles. The molecule has 0 radical (unpaired) electrons. The average molecular weight is 497 g/mol. The van der Waals surface area contributed by atoms with Gasteiger partial charge in [-0.25, -0.2) is 4.98 Å². The molecule has 0 bridgehead atoms. The van der Waals surface area contributed by atoms with E-state index in [1.54, 1.807) is 13.3 Å². The summed E-state index contributed by atoms with van der Waals surface area (Å²) in [5, 5.41) is 17.6. The fourth-order valence-electron chi connectivity index (χ4n) is 4.92. The number of hydrogen-bond donors (Lipinski definition) is 3. The highest BCUT2D eigenvalue weighted by Gasteiger charge is 2.19. The van der Waals surface area contributed by atoms with Crippen LogP contribution in [0.2, 0.25) is 0 Å². The molecule has 36 heavy (non-hydrogen) atoms. The Kier molecular flexibility index (Phi) is 8.95. The molecule has 0 spiro atoms. The lowest BCUT2D eigenvalue weighted by Gasteiger charge is -2.34. The van der Waals surface area contributed by atoms with Gasteiger partial charge in [0.2, 0.25) is 5.95 Å². The number of nitrogens with one attached hydrogen (secondary N) is 1. The first-order chi connectivity index (χ1) is 17.5. The third-order valence-corrected chi connectivity index (χ3v) is 6.95. The molecule has 1 atom stereocenters. The molecule has 2 aromatic heterocycles. The fourth-order valence-corrected chi connectivity index (χ4v) is 4.92. The maximum Gasteiger partial charge on any atom is 0.222 e. The molecular formula is C26H40N8O2. The molecule has 1 fully saturated rings. The number of nitrogen functional groups attached to an aromatic ring is 1. The van der Waals surface area contributed by atoms with E-state index in [9.17, 15) is 5.11 Å². The molecule has 1 aliphatic rings. The van der Waals surface area contributed by atoms with Gasteiger partial charge in [-0.1, -0.05) is 32.4 Å². The molecule has 3 heterocycles. The number of aliphatic hydroxyl groups is 1. The van der Waals surface area contributed by atoms with Crippen LogP contribution in [0.25, 0.3) is 11.0 Å². The fraction of sp³-hybridized carbons (Fsp3) is 0.577. The standard InChI is InChI=1S/C26H40N8O2/c1-4-6-21(9-14-35)29-25-24-22(30-26(27)31-25)16-28-34(24)18-20-8-7-19(15-23(20)36-3)17-33-12-10-32(5-2)11-13-33/h7-8,15-16,21,35H,4-6,9-14,17-18H2,1-3H3,(H3,27,29,30,31). The van der Waals surface area contributed by atoms with Gasteiger partial charge in [-0.05, 0) is 31.0 Å². The Bertz CT molecular complexity index is 1120. The van der Waals surface area contributed by atoms with Gasteiger partial charge in [0.05, 0.1) is 19.9 Å².